The van der Waals surface area contributed by atoms with Gasteiger partial charge in [-0.1, -0.05) is 18.2 Å². The maximum Gasteiger partial charge on any atom is 0.411 e. The van der Waals surface area contributed by atoms with Crippen molar-refractivity contribution in [3.8, 4) is 23.6 Å². The molecule has 10 nitrogen and oxygen atoms in total. The molecule has 0 fully saturated rings. The van der Waals surface area contributed by atoms with Gasteiger partial charge in [-0.05, 0) is 49.7 Å². The maximum absolute atomic E-state index is 12.8. The summed E-state index contributed by atoms with van der Waals surface area (Å²) in [7, 11) is 0. The lowest BCUT2D eigenvalue weighted by Crippen LogP contribution is -2.17. The fourth-order valence-electron chi connectivity index (χ4n) is 3.12. The van der Waals surface area contributed by atoms with Crippen molar-refractivity contribution in [1.82, 2.24) is 14.6 Å². The van der Waals surface area contributed by atoms with Gasteiger partial charge in [-0.3, -0.25) is 4.79 Å². The van der Waals surface area contributed by atoms with Crippen LogP contribution in [-0.2, 0) is 5.41 Å². The normalized spacial score (nSPS) is 11.0. The minimum atomic E-state index is -0.973. The smallest absolute Gasteiger partial charge is 0.411 e. The first-order chi connectivity index (χ1) is 16.2. The topological polar surface area (TPSA) is 145 Å². The lowest BCUT2D eigenvalue weighted by Gasteiger charge is -2.16. The summed E-state index contributed by atoms with van der Waals surface area (Å²) in [4.78, 5) is 27.7. The molecule has 10 heteroatoms. The van der Waals surface area contributed by atoms with Gasteiger partial charge in [-0.2, -0.15) is 10.2 Å². The number of hydrogen-bond donors (Lipinski definition) is 2. The SMILES string of the molecule is CC(C)(C#N)c1cccc(C(=O)Nc2cccc(Oc3ccc4nc(OC(N)=O)cn4n3)c2)c1. The fourth-order valence-corrected chi connectivity index (χ4v) is 3.12. The third-order valence-electron chi connectivity index (χ3n) is 4.92. The van der Waals surface area contributed by atoms with E-state index in [-0.39, 0.29) is 17.7 Å². The van der Waals surface area contributed by atoms with Crippen molar-refractivity contribution >= 4 is 23.3 Å². The molecular formula is C24H20N6O4. The highest BCUT2D eigenvalue weighted by Crippen LogP contribution is 2.25. The average molecular weight is 456 g/mol. The largest absolute Gasteiger partial charge is 0.438 e. The number of nitrogens with zero attached hydrogens (tertiary/aromatic N) is 4. The number of fused-ring (bicyclic) bond motifs is 1. The van der Waals surface area contributed by atoms with E-state index >= 15 is 0 Å². The van der Waals surface area contributed by atoms with Gasteiger partial charge in [-0.25, -0.2) is 9.31 Å². The second-order valence-electron chi connectivity index (χ2n) is 7.88. The van der Waals surface area contributed by atoms with Crippen LogP contribution in [0.4, 0.5) is 10.5 Å². The zero-order valence-corrected chi connectivity index (χ0v) is 18.4. The Hall–Kier alpha value is -4.91. The second kappa shape index (κ2) is 8.91. The monoisotopic (exact) mass is 456 g/mol. The second-order valence-corrected chi connectivity index (χ2v) is 7.88. The number of aromatic nitrogens is 3. The molecular weight excluding hydrogens is 436 g/mol. The van der Waals surface area contributed by atoms with Gasteiger partial charge < -0.3 is 20.5 Å². The van der Waals surface area contributed by atoms with Gasteiger partial charge in [0.25, 0.3) is 5.91 Å². The van der Waals surface area contributed by atoms with E-state index in [2.05, 4.69) is 21.5 Å². The number of benzene rings is 2. The highest BCUT2D eigenvalue weighted by Gasteiger charge is 2.21. The van der Waals surface area contributed by atoms with Crippen molar-refractivity contribution in [1.29, 1.82) is 5.26 Å². The summed E-state index contributed by atoms with van der Waals surface area (Å²) in [6.07, 6.45) is 0.421. The van der Waals surface area contributed by atoms with Crippen molar-refractivity contribution < 1.29 is 19.1 Å². The molecule has 2 aromatic carbocycles. The molecule has 0 spiro atoms. The summed E-state index contributed by atoms with van der Waals surface area (Å²) >= 11 is 0. The molecule has 0 atom stereocenters. The molecule has 0 radical (unpaired) electrons. The number of anilines is 1. The first-order valence-corrected chi connectivity index (χ1v) is 10.2. The molecule has 2 heterocycles. The Kier molecular flexibility index (Phi) is 5.84. The Balaban J connectivity index is 1.49. The van der Waals surface area contributed by atoms with Gasteiger partial charge in [0.05, 0.1) is 17.7 Å². The summed E-state index contributed by atoms with van der Waals surface area (Å²) in [6, 6.07) is 19.3. The van der Waals surface area contributed by atoms with Crippen LogP contribution in [0.3, 0.4) is 0 Å². The Morgan fingerprint density at radius 2 is 1.88 bits per heavy atom. The van der Waals surface area contributed by atoms with Gasteiger partial charge in [-0.15, -0.1) is 5.10 Å². The Morgan fingerprint density at radius 1 is 1.09 bits per heavy atom. The Morgan fingerprint density at radius 3 is 2.65 bits per heavy atom. The van der Waals surface area contributed by atoms with Crippen LogP contribution >= 0.6 is 0 Å². The molecule has 4 aromatic rings. The number of nitrogens with one attached hydrogen (secondary N) is 1. The molecule has 0 aliphatic carbocycles. The molecule has 0 aliphatic rings. The lowest BCUT2D eigenvalue weighted by atomic mass is 9.85. The minimum absolute atomic E-state index is 0.0177. The molecule has 3 N–H and O–H groups in total. The van der Waals surface area contributed by atoms with Crippen LogP contribution in [0.1, 0.15) is 29.8 Å². The van der Waals surface area contributed by atoms with Crippen LogP contribution in [0.25, 0.3) is 5.65 Å². The number of ether oxygens (including phenoxy) is 2. The molecule has 0 unspecified atom stereocenters. The molecule has 34 heavy (non-hydrogen) atoms. The van der Waals surface area contributed by atoms with E-state index in [0.29, 0.717) is 22.6 Å². The van der Waals surface area contributed by atoms with Crippen LogP contribution in [-0.4, -0.2) is 26.6 Å². The lowest BCUT2D eigenvalue weighted by molar-refractivity contribution is 0.102. The highest BCUT2D eigenvalue weighted by atomic mass is 16.6. The number of nitrogens with two attached hydrogens (primary N) is 1. The van der Waals surface area contributed by atoms with E-state index in [1.807, 2.05) is 6.07 Å². The number of hydrogen-bond acceptors (Lipinski definition) is 7. The van der Waals surface area contributed by atoms with Crippen molar-refractivity contribution in [2.45, 2.75) is 19.3 Å². The number of primary amides is 1. The quantitative estimate of drug-likeness (QED) is 0.445. The molecule has 2 aromatic heterocycles. The van der Waals surface area contributed by atoms with Crippen molar-refractivity contribution in [2.75, 3.05) is 5.32 Å². The summed E-state index contributed by atoms with van der Waals surface area (Å²) in [5, 5.41) is 16.5. The first-order valence-electron chi connectivity index (χ1n) is 10.2. The number of carbonyl (C=O) groups excluding carboxylic acids is 2. The van der Waals surface area contributed by atoms with E-state index in [4.69, 9.17) is 15.2 Å². The average Bonchev–Trinajstić information content (AvgIpc) is 3.20. The zero-order valence-electron chi connectivity index (χ0n) is 18.4. The molecule has 4 rings (SSSR count). The van der Waals surface area contributed by atoms with Crippen LogP contribution in [0.5, 0.6) is 17.5 Å². The summed E-state index contributed by atoms with van der Waals surface area (Å²) in [6.45, 7) is 3.59. The van der Waals surface area contributed by atoms with Crippen LogP contribution in [0.15, 0.2) is 66.9 Å². The van der Waals surface area contributed by atoms with Crippen molar-refractivity contribution in [3.05, 3.63) is 78.0 Å². The van der Waals surface area contributed by atoms with Gasteiger partial charge in [0, 0.05) is 23.4 Å². The van der Waals surface area contributed by atoms with Crippen molar-refractivity contribution in [2.24, 2.45) is 5.73 Å². The number of amides is 2. The predicted octanol–water partition coefficient (Wildman–Crippen LogP) is 4.03. The third-order valence-corrected chi connectivity index (χ3v) is 4.92. The van der Waals surface area contributed by atoms with Crippen LogP contribution in [0.2, 0.25) is 0 Å². The summed E-state index contributed by atoms with van der Waals surface area (Å²) in [5.74, 6) is 0.403. The molecule has 0 saturated carbocycles. The van der Waals surface area contributed by atoms with Gasteiger partial charge in [0.1, 0.15) is 5.75 Å². The third kappa shape index (κ3) is 4.94. The van der Waals surface area contributed by atoms with E-state index in [1.165, 1.54) is 10.7 Å². The van der Waals surface area contributed by atoms with Crippen LogP contribution in [0, 0.1) is 11.3 Å². The number of imidazole rings is 1. The first kappa shape index (κ1) is 22.3. The van der Waals surface area contributed by atoms with E-state index < -0.39 is 11.5 Å². The number of carbonyl (C=O) groups is 2. The molecule has 2 amide bonds. The van der Waals surface area contributed by atoms with Crippen molar-refractivity contribution in [3.63, 3.8) is 0 Å². The van der Waals surface area contributed by atoms with Crippen LogP contribution < -0.4 is 20.5 Å². The van der Waals surface area contributed by atoms with E-state index in [1.54, 1.807) is 68.4 Å². The Labute approximate surface area is 194 Å². The number of nitriles is 1. The van der Waals surface area contributed by atoms with Gasteiger partial charge in [0.15, 0.2) is 5.65 Å². The fraction of sp³-hybridized carbons (Fsp3) is 0.125. The molecule has 0 bridgehead atoms. The predicted molar refractivity (Wildman–Crippen MR) is 123 cm³/mol. The molecule has 0 aliphatic heterocycles. The van der Waals surface area contributed by atoms with E-state index in [0.717, 1.165) is 5.56 Å². The van der Waals surface area contributed by atoms with E-state index in [9.17, 15) is 14.9 Å². The standard InChI is InChI=1S/C24H20N6O4/c1-24(2,14-25)16-6-3-5-15(11-16)22(31)27-17-7-4-8-18(12-17)33-20-10-9-19-28-21(34-23(26)32)13-30(19)29-20/h3-13H,1-2H3,(H2,26,32)(H,27,31). The zero-order chi connectivity index (χ0) is 24.3. The van der Waals surface area contributed by atoms with Gasteiger partial charge >= 0.3 is 6.09 Å². The molecule has 170 valence electrons. The summed E-state index contributed by atoms with van der Waals surface area (Å²) in [5.41, 5.74) is 6.44. The highest BCUT2D eigenvalue weighted by molar-refractivity contribution is 6.04. The maximum atomic E-state index is 12.8. The minimum Gasteiger partial charge on any atom is -0.438 e. The Bertz CT molecular complexity index is 1440. The molecule has 0 saturated heterocycles. The summed E-state index contributed by atoms with van der Waals surface area (Å²) < 4.78 is 11.9. The van der Waals surface area contributed by atoms with Gasteiger partial charge in [0.2, 0.25) is 11.8 Å². The number of rotatable bonds is 6.